The number of alkyl halides is 3. The Labute approximate surface area is 210 Å². The van der Waals surface area contributed by atoms with Crippen molar-refractivity contribution >= 4 is 46.1 Å². The summed E-state index contributed by atoms with van der Waals surface area (Å²) in [6.07, 6.45) is -4.99. The summed E-state index contributed by atoms with van der Waals surface area (Å²) >= 11 is 7.02. The normalized spacial score (nSPS) is 15.3. The standard InChI is InChI=1S/C21H19ClF4N4O5S/c1-10(2)8-35-18(33)7-29-17(32)9-36-19(29)27-13-5-14(12(23)4-11(13)22)30-16(31)6-15(21(24,25)26)28(3)20(30)34/h4-6,10H,7-9H2,1-3H3/b27-19-. The van der Waals surface area contributed by atoms with Crippen LogP contribution in [0.5, 0.6) is 0 Å². The van der Waals surface area contributed by atoms with Gasteiger partial charge in [-0.15, -0.1) is 0 Å². The zero-order valence-electron chi connectivity index (χ0n) is 19.1. The number of amides is 1. The number of benzene rings is 1. The van der Waals surface area contributed by atoms with Crippen LogP contribution in [0.1, 0.15) is 19.5 Å². The van der Waals surface area contributed by atoms with Crippen molar-refractivity contribution in [2.24, 2.45) is 18.0 Å². The molecular formula is C21H19ClF4N4O5S. The van der Waals surface area contributed by atoms with Crippen molar-refractivity contribution < 1.29 is 31.9 Å². The van der Waals surface area contributed by atoms with Gasteiger partial charge in [0.05, 0.1) is 28.8 Å². The largest absolute Gasteiger partial charge is 0.464 e. The lowest BCUT2D eigenvalue weighted by Crippen LogP contribution is -2.41. The molecule has 1 aliphatic rings. The van der Waals surface area contributed by atoms with E-state index < -0.39 is 53.0 Å². The molecule has 194 valence electrons. The second-order valence-electron chi connectivity index (χ2n) is 8.04. The Morgan fingerprint density at radius 2 is 1.89 bits per heavy atom. The molecule has 0 unspecified atom stereocenters. The van der Waals surface area contributed by atoms with Crippen LogP contribution in [-0.2, 0) is 27.5 Å². The van der Waals surface area contributed by atoms with Crippen LogP contribution < -0.4 is 11.2 Å². The highest BCUT2D eigenvalue weighted by Crippen LogP contribution is 2.33. The number of hydrogen-bond donors (Lipinski definition) is 0. The number of nitrogens with zero attached hydrogens (tertiary/aromatic N) is 4. The van der Waals surface area contributed by atoms with E-state index in [1.165, 1.54) is 0 Å². The average molecular weight is 551 g/mol. The first kappa shape index (κ1) is 27.5. The molecule has 2 heterocycles. The van der Waals surface area contributed by atoms with Gasteiger partial charge in [-0.2, -0.15) is 13.2 Å². The summed E-state index contributed by atoms with van der Waals surface area (Å²) in [4.78, 5) is 54.5. The third-order valence-corrected chi connectivity index (χ3v) is 6.07. The number of ether oxygens (including phenoxy) is 1. The molecule has 1 aliphatic heterocycles. The van der Waals surface area contributed by atoms with Crippen molar-refractivity contribution in [3.05, 3.63) is 55.6 Å². The molecule has 0 N–H and O–H groups in total. The van der Waals surface area contributed by atoms with E-state index in [2.05, 4.69) is 4.99 Å². The molecule has 0 bridgehead atoms. The molecule has 0 atom stereocenters. The number of halogens is 5. The highest BCUT2D eigenvalue weighted by Gasteiger charge is 2.35. The van der Waals surface area contributed by atoms with Crippen LogP contribution in [0, 0.1) is 11.7 Å². The van der Waals surface area contributed by atoms with Crippen LogP contribution >= 0.6 is 23.4 Å². The third kappa shape index (κ3) is 5.81. The van der Waals surface area contributed by atoms with Gasteiger partial charge in [0.2, 0.25) is 5.91 Å². The average Bonchev–Trinajstić information content (AvgIpc) is 3.10. The predicted molar refractivity (Wildman–Crippen MR) is 124 cm³/mol. The van der Waals surface area contributed by atoms with E-state index in [0.717, 1.165) is 35.8 Å². The summed E-state index contributed by atoms with van der Waals surface area (Å²) in [6, 6.07) is 1.78. The molecule has 0 spiro atoms. The molecule has 2 aromatic rings. The molecule has 1 aromatic carbocycles. The summed E-state index contributed by atoms with van der Waals surface area (Å²) in [5.74, 6) is -2.29. The third-order valence-electron chi connectivity index (χ3n) is 4.81. The molecule has 1 saturated heterocycles. The summed E-state index contributed by atoms with van der Waals surface area (Å²) < 4.78 is 59.6. The van der Waals surface area contributed by atoms with E-state index in [1.807, 2.05) is 13.8 Å². The van der Waals surface area contributed by atoms with Gasteiger partial charge in [0.1, 0.15) is 18.1 Å². The molecule has 1 aromatic heterocycles. The quantitative estimate of drug-likeness (QED) is 0.404. The maximum absolute atomic E-state index is 14.7. The van der Waals surface area contributed by atoms with Crippen molar-refractivity contribution in [3.8, 4) is 5.69 Å². The van der Waals surface area contributed by atoms with Gasteiger partial charge in [0.15, 0.2) is 5.17 Å². The minimum atomic E-state index is -4.99. The highest BCUT2D eigenvalue weighted by atomic mass is 35.5. The van der Waals surface area contributed by atoms with Gasteiger partial charge in [-0.25, -0.2) is 18.7 Å². The second-order valence-corrected chi connectivity index (χ2v) is 9.39. The van der Waals surface area contributed by atoms with Crippen molar-refractivity contribution in [2.75, 3.05) is 18.9 Å². The Kier molecular flexibility index (Phi) is 7.98. The molecule has 1 fully saturated rings. The van der Waals surface area contributed by atoms with Gasteiger partial charge in [0, 0.05) is 13.1 Å². The van der Waals surface area contributed by atoms with Crippen LogP contribution in [0.4, 0.5) is 23.2 Å². The molecule has 9 nitrogen and oxygen atoms in total. The van der Waals surface area contributed by atoms with Crippen molar-refractivity contribution in [1.82, 2.24) is 14.0 Å². The Morgan fingerprint density at radius 3 is 2.50 bits per heavy atom. The van der Waals surface area contributed by atoms with Gasteiger partial charge < -0.3 is 4.74 Å². The lowest BCUT2D eigenvalue weighted by molar-refractivity contribution is -0.147. The van der Waals surface area contributed by atoms with E-state index >= 15 is 0 Å². The van der Waals surface area contributed by atoms with Crippen LogP contribution in [0.25, 0.3) is 5.69 Å². The molecule has 0 radical (unpaired) electrons. The summed E-state index contributed by atoms with van der Waals surface area (Å²) in [5, 5.41) is -0.253. The molecule has 0 aliphatic carbocycles. The zero-order valence-corrected chi connectivity index (χ0v) is 20.6. The summed E-state index contributed by atoms with van der Waals surface area (Å²) in [7, 11) is 0.785. The number of esters is 1. The first-order chi connectivity index (χ1) is 16.7. The van der Waals surface area contributed by atoms with Crippen molar-refractivity contribution in [3.63, 3.8) is 0 Å². The number of carbonyl (C=O) groups is 2. The van der Waals surface area contributed by atoms with E-state index in [1.54, 1.807) is 0 Å². The molecular weight excluding hydrogens is 532 g/mol. The number of amidine groups is 1. The lowest BCUT2D eigenvalue weighted by atomic mass is 10.2. The molecule has 1 amide bonds. The first-order valence-corrected chi connectivity index (χ1v) is 11.6. The number of aliphatic imine (C=N–C) groups is 1. The Balaban J connectivity index is 2.05. The monoisotopic (exact) mass is 550 g/mol. The van der Waals surface area contributed by atoms with Gasteiger partial charge >= 0.3 is 17.8 Å². The van der Waals surface area contributed by atoms with Crippen molar-refractivity contribution in [2.45, 2.75) is 20.0 Å². The van der Waals surface area contributed by atoms with Gasteiger partial charge in [-0.05, 0) is 18.1 Å². The first-order valence-electron chi connectivity index (χ1n) is 10.3. The van der Waals surface area contributed by atoms with Gasteiger partial charge in [-0.3, -0.25) is 23.9 Å². The number of aromatic nitrogens is 2. The van der Waals surface area contributed by atoms with Gasteiger partial charge in [-0.1, -0.05) is 37.2 Å². The smallest absolute Gasteiger partial charge is 0.431 e. The zero-order chi connectivity index (χ0) is 26.9. The Hall–Kier alpha value is -3.13. The number of rotatable bonds is 6. The van der Waals surface area contributed by atoms with Crippen molar-refractivity contribution in [1.29, 1.82) is 0 Å². The Bertz CT molecular complexity index is 1370. The van der Waals surface area contributed by atoms with Crippen LogP contribution in [0.3, 0.4) is 0 Å². The number of carbonyl (C=O) groups excluding carboxylic acids is 2. The topological polar surface area (TPSA) is 103 Å². The van der Waals surface area contributed by atoms with E-state index in [9.17, 15) is 36.7 Å². The van der Waals surface area contributed by atoms with E-state index in [0.29, 0.717) is 0 Å². The van der Waals surface area contributed by atoms with Crippen LogP contribution in [0.15, 0.2) is 32.8 Å². The fourth-order valence-electron chi connectivity index (χ4n) is 3.08. The van der Waals surface area contributed by atoms with Crippen LogP contribution in [-0.4, -0.2) is 50.0 Å². The predicted octanol–water partition coefficient (Wildman–Crippen LogP) is 3.11. The summed E-state index contributed by atoms with van der Waals surface area (Å²) in [6.45, 7) is 3.37. The Morgan fingerprint density at radius 1 is 1.22 bits per heavy atom. The number of thioether (sulfide) groups is 1. The van der Waals surface area contributed by atoms with Gasteiger partial charge in [0.25, 0.3) is 5.56 Å². The van der Waals surface area contributed by atoms with E-state index in [-0.39, 0.29) is 49.4 Å². The maximum Gasteiger partial charge on any atom is 0.431 e. The lowest BCUT2D eigenvalue weighted by Gasteiger charge is -2.17. The molecule has 15 heteroatoms. The SMILES string of the molecule is CC(C)COC(=O)CN1C(=O)CS/C1=N\c1cc(-n2c(=O)cc(C(F)(F)F)n(C)c2=O)c(F)cc1Cl. The van der Waals surface area contributed by atoms with E-state index in [4.69, 9.17) is 16.3 Å². The highest BCUT2D eigenvalue weighted by molar-refractivity contribution is 8.15. The fourth-order valence-corrected chi connectivity index (χ4v) is 4.16. The molecule has 0 saturated carbocycles. The number of hydrogen-bond acceptors (Lipinski definition) is 7. The molecule has 3 rings (SSSR count). The fraction of sp³-hybridized carbons (Fsp3) is 0.381. The minimum Gasteiger partial charge on any atom is -0.464 e. The second kappa shape index (κ2) is 10.5. The van der Waals surface area contributed by atoms with Crippen LogP contribution in [0.2, 0.25) is 5.02 Å². The summed E-state index contributed by atoms with van der Waals surface area (Å²) in [5.41, 5.74) is -5.28. The molecule has 36 heavy (non-hydrogen) atoms. The maximum atomic E-state index is 14.7. The minimum absolute atomic E-state index is 0.0219.